The second-order valence-electron chi connectivity index (χ2n) is 4.14. The van der Waals surface area contributed by atoms with Crippen LogP contribution in [0.1, 0.15) is 51.9 Å². The van der Waals surface area contributed by atoms with E-state index in [1.54, 1.807) is 0 Å². The molecule has 0 aromatic carbocycles. The van der Waals surface area contributed by atoms with Crippen LogP contribution in [0.2, 0.25) is 0 Å². The highest BCUT2D eigenvalue weighted by molar-refractivity contribution is 7.99. The molecule has 13 heavy (non-hydrogen) atoms. The summed E-state index contributed by atoms with van der Waals surface area (Å²) >= 11 is 2.12. The van der Waals surface area contributed by atoms with Crippen molar-refractivity contribution in [1.82, 2.24) is 0 Å². The summed E-state index contributed by atoms with van der Waals surface area (Å²) in [4.78, 5) is 0. The second kappa shape index (κ2) is 6.72. The van der Waals surface area contributed by atoms with Crippen LogP contribution in [0.4, 0.5) is 0 Å². The van der Waals surface area contributed by atoms with Crippen LogP contribution < -0.4 is 5.73 Å². The first-order valence-electron chi connectivity index (χ1n) is 5.70. The van der Waals surface area contributed by atoms with E-state index in [0.717, 1.165) is 5.25 Å². The Morgan fingerprint density at radius 2 is 2.08 bits per heavy atom. The predicted octanol–water partition coefficient (Wildman–Crippen LogP) is 3.18. The van der Waals surface area contributed by atoms with Crippen molar-refractivity contribution >= 4 is 11.8 Å². The van der Waals surface area contributed by atoms with Crippen LogP contribution in [0, 0.1) is 0 Å². The Hall–Kier alpha value is 0.310. The minimum atomic E-state index is 0.450. The van der Waals surface area contributed by atoms with Crippen LogP contribution in [-0.4, -0.2) is 17.0 Å². The minimum Gasteiger partial charge on any atom is -0.327 e. The minimum absolute atomic E-state index is 0.450. The van der Waals surface area contributed by atoms with Crippen LogP contribution in [-0.2, 0) is 0 Å². The van der Waals surface area contributed by atoms with Crippen LogP contribution in [0.25, 0.3) is 0 Å². The van der Waals surface area contributed by atoms with Crippen molar-refractivity contribution in [2.45, 2.75) is 63.2 Å². The van der Waals surface area contributed by atoms with E-state index in [0.29, 0.717) is 6.04 Å². The molecule has 2 N–H and O–H groups in total. The van der Waals surface area contributed by atoms with E-state index in [4.69, 9.17) is 5.73 Å². The topological polar surface area (TPSA) is 26.0 Å². The van der Waals surface area contributed by atoms with Crippen LogP contribution >= 0.6 is 11.8 Å². The first-order valence-corrected chi connectivity index (χ1v) is 6.75. The van der Waals surface area contributed by atoms with Gasteiger partial charge in [0.05, 0.1) is 0 Å². The molecule has 0 saturated heterocycles. The molecular weight excluding hydrogens is 178 g/mol. The summed E-state index contributed by atoms with van der Waals surface area (Å²) in [5, 5.41) is 0.938. The van der Waals surface area contributed by atoms with Crippen molar-refractivity contribution in [3.8, 4) is 0 Å². The quantitative estimate of drug-likeness (QED) is 0.714. The van der Waals surface area contributed by atoms with Gasteiger partial charge in [0.1, 0.15) is 0 Å². The largest absolute Gasteiger partial charge is 0.327 e. The molecule has 1 fully saturated rings. The molecular formula is C11H23NS. The van der Waals surface area contributed by atoms with Gasteiger partial charge >= 0.3 is 0 Å². The van der Waals surface area contributed by atoms with Gasteiger partial charge in [-0.1, -0.05) is 32.6 Å². The molecule has 0 heterocycles. The third kappa shape index (κ3) is 4.92. The standard InChI is InChI=1S/C11H23NS/c1-2-3-6-10(12)9-13-11-7-4-5-8-11/h10-11H,2-9,12H2,1H3. The Labute approximate surface area is 86.8 Å². The zero-order valence-corrected chi connectivity index (χ0v) is 9.61. The summed E-state index contributed by atoms with van der Waals surface area (Å²) in [5.74, 6) is 1.19. The molecule has 0 aromatic heterocycles. The molecule has 1 rings (SSSR count). The van der Waals surface area contributed by atoms with E-state index in [1.165, 1.54) is 50.7 Å². The molecule has 1 nitrogen and oxygen atoms in total. The summed E-state index contributed by atoms with van der Waals surface area (Å²) < 4.78 is 0. The first kappa shape index (κ1) is 11.4. The average molecular weight is 201 g/mol. The van der Waals surface area contributed by atoms with E-state index in [-0.39, 0.29) is 0 Å². The Morgan fingerprint density at radius 3 is 2.69 bits per heavy atom. The normalized spacial score (nSPS) is 20.8. The lowest BCUT2D eigenvalue weighted by atomic mass is 10.2. The van der Waals surface area contributed by atoms with Crippen molar-refractivity contribution in [3.63, 3.8) is 0 Å². The molecule has 1 aliphatic carbocycles. The fourth-order valence-corrected chi connectivity index (χ4v) is 3.22. The van der Waals surface area contributed by atoms with Gasteiger partial charge in [-0.2, -0.15) is 11.8 Å². The molecule has 0 aliphatic heterocycles. The maximum Gasteiger partial charge on any atom is 0.0130 e. The van der Waals surface area contributed by atoms with Gasteiger partial charge in [0.2, 0.25) is 0 Å². The van der Waals surface area contributed by atoms with Crippen LogP contribution in [0.15, 0.2) is 0 Å². The zero-order chi connectivity index (χ0) is 9.52. The summed E-state index contributed by atoms with van der Waals surface area (Å²) in [6.07, 6.45) is 9.56. The smallest absolute Gasteiger partial charge is 0.0130 e. The lowest BCUT2D eigenvalue weighted by Crippen LogP contribution is -2.23. The Morgan fingerprint density at radius 1 is 1.38 bits per heavy atom. The Kier molecular flexibility index (Phi) is 5.88. The number of nitrogens with two attached hydrogens (primary N) is 1. The van der Waals surface area contributed by atoms with Gasteiger partial charge in [0, 0.05) is 17.0 Å². The molecule has 0 amide bonds. The molecule has 1 atom stereocenters. The van der Waals surface area contributed by atoms with E-state index < -0.39 is 0 Å². The lowest BCUT2D eigenvalue weighted by molar-refractivity contribution is 0.621. The monoisotopic (exact) mass is 201 g/mol. The van der Waals surface area contributed by atoms with Gasteiger partial charge in [-0.05, 0) is 19.3 Å². The highest BCUT2D eigenvalue weighted by Crippen LogP contribution is 2.29. The predicted molar refractivity (Wildman–Crippen MR) is 62.2 cm³/mol. The number of hydrogen-bond donors (Lipinski definition) is 1. The molecule has 1 unspecified atom stereocenters. The molecule has 0 radical (unpaired) electrons. The molecule has 0 spiro atoms. The Bertz CT molecular complexity index is 121. The van der Waals surface area contributed by atoms with Gasteiger partial charge in [-0.15, -0.1) is 0 Å². The number of thioether (sulfide) groups is 1. The third-order valence-electron chi connectivity index (χ3n) is 2.78. The van der Waals surface area contributed by atoms with Crippen LogP contribution in [0.3, 0.4) is 0 Å². The van der Waals surface area contributed by atoms with Crippen molar-refractivity contribution in [2.75, 3.05) is 5.75 Å². The van der Waals surface area contributed by atoms with E-state index in [1.807, 2.05) is 0 Å². The third-order valence-corrected chi connectivity index (χ3v) is 4.34. The molecule has 1 saturated carbocycles. The van der Waals surface area contributed by atoms with Gasteiger partial charge in [-0.3, -0.25) is 0 Å². The number of hydrogen-bond acceptors (Lipinski definition) is 2. The highest BCUT2D eigenvalue weighted by atomic mass is 32.2. The summed E-state index contributed by atoms with van der Waals surface area (Å²) in [6, 6.07) is 0.450. The van der Waals surface area contributed by atoms with Gasteiger partial charge < -0.3 is 5.73 Å². The molecule has 0 bridgehead atoms. The molecule has 1 aliphatic rings. The van der Waals surface area contributed by atoms with Crippen LogP contribution in [0.5, 0.6) is 0 Å². The zero-order valence-electron chi connectivity index (χ0n) is 8.80. The molecule has 2 heteroatoms. The van der Waals surface area contributed by atoms with E-state index in [9.17, 15) is 0 Å². The SMILES string of the molecule is CCCCC(N)CSC1CCCC1. The van der Waals surface area contributed by atoms with E-state index >= 15 is 0 Å². The van der Waals surface area contributed by atoms with Gasteiger partial charge in [-0.25, -0.2) is 0 Å². The summed E-state index contributed by atoms with van der Waals surface area (Å²) in [7, 11) is 0. The maximum atomic E-state index is 6.02. The van der Waals surface area contributed by atoms with E-state index in [2.05, 4.69) is 18.7 Å². The van der Waals surface area contributed by atoms with Crippen molar-refractivity contribution in [2.24, 2.45) is 5.73 Å². The van der Waals surface area contributed by atoms with Crippen molar-refractivity contribution in [1.29, 1.82) is 0 Å². The van der Waals surface area contributed by atoms with Crippen molar-refractivity contribution < 1.29 is 0 Å². The maximum absolute atomic E-state index is 6.02. The second-order valence-corrected chi connectivity index (χ2v) is 5.48. The van der Waals surface area contributed by atoms with Gasteiger partial charge in [0.25, 0.3) is 0 Å². The lowest BCUT2D eigenvalue weighted by Gasteiger charge is -2.13. The summed E-state index contributed by atoms with van der Waals surface area (Å²) in [6.45, 7) is 2.23. The Balaban J connectivity index is 1.97. The molecule has 0 aromatic rings. The number of rotatable bonds is 6. The first-order chi connectivity index (χ1) is 6.33. The van der Waals surface area contributed by atoms with Crippen molar-refractivity contribution in [3.05, 3.63) is 0 Å². The summed E-state index contributed by atoms with van der Waals surface area (Å²) in [5.41, 5.74) is 6.02. The van der Waals surface area contributed by atoms with Gasteiger partial charge in [0.15, 0.2) is 0 Å². The fraction of sp³-hybridized carbons (Fsp3) is 1.00. The average Bonchev–Trinajstić information content (AvgIpc) is 2.64. The highest BCUT2D eigenvalue weighted by Gasteiger charge is 2.16. The number of unbranched alkanes of at least 4 members (excludes halogenated alkanes) is 1. The molecule has 78 valence electrons. The fourth-order valence-electron chi connectivity index (χ4n) is 1.86.